The molecule has 4 nitrogen and oxygen atoms in total. The van der Waals surface area contributed by atoms with Gasteiger partial charge in [0.15, 0.2) is 0 Å². The number of carbonyl (C=O) groups is 2. The molecule has 0 aliphatic rings. The largest absolute Gasteiger partial charge is 0.465 e. The van der Waals surface area contributed by atoms with Gasteiger partial charge in [-0.3, -0.25) is 9.59 Å². The number of esters is 1. The highest BCUT2D eigenvalue weighted by Crippen LogP contribution is 1.75. The Balaban J connectivity index is 3.45. The van der Waals surface area contributed by atoms with E-state index in [-0.39, 0.29) is 6.54 Å². The quantitative estimate of drug-likeness (QED) is 0.447. The van der Waals surface area contributed by atoms with Crippen LogP contribution in [0.2, 0.25) is 0 Å². The summed E-state index contributed by atoms with van der Waals surface area (Å²) in [6.45, 7) is 6.70. The maximum absolute atomic E-state index is 10.6. The first-order valence-electron chi connectivity index (χ1n) is 3.19. The van der Waals surface area contributed by atoms with E-state index in [0.29, 0.717) is 6.61 Å². The summed E-state index contributed by atoms with van der Waals surface area (Å²) in [7, 11) is 0. The van der Waals surface area contributed by atoms with Crippen molar-refractivity contribution < 1.29 is 14.3 Å². The van der Waals surface area contributed by atoms with Crippen LogP contribution in [0, 0.1) is 6.58 Å². The van der Waals surface area contributed by atoms with Gasteiger partial charge in [0.25, 0.3) is 0 Å². The number of hydrogen-bond donors (Lipinski definition) is 1. The van der Waals surface area contributed by atoms with Gasteiger partial charge in [0.05, 0.1) is 6.61 Å². The van der Waals surface area contributed by atoms with Crippen LogP contribution in [-0.4, -0.2) is 25.0 Å². The van der Waals surface area contributed by atoms with Crippen LogP contribution in [0.5, 0.6) is 0 Å². The molecule has 0 atom stereocenters. The first-order valence-corrected chi connectivity index (χ1v) is 3.19. The summed E-state index contributed by atoms with van der Waals surface area (Å²) < 4.78 is 4.53. The molecule has 0 rings (SSSR count). The average Bonchev–Trinajstić information content (AvgIpc) is 2.01. The van der Waals surface area contributed by atoms with Gasteiger partial charge in [-0.2, -0.15) is 0 Å². The van der Waals surface area contributed by atoms with Crippen LogP contribution < -0.4 is 5.32 Å². The molecule has 0 saturated heterocycles. The lowest BCUT2D eigenvalue weighted by Gasteiger charge is -2.00. The zero-order chi connectivity index (χ0) is 8.69. The van der Waals surface area contributed by atoms with Gasteiger partial charge in [0.2, 0.25) is 5.91 Å². The van der Waals surface area contributed by atoms with Crippen LogP contribution >= 0.6 is 0 Å². The Morgan fingerprint density at radius 1 is 1.64 bits per heavy atom. The van der Waals surface area contributed by atoms with Crippen molar-refractivity contribution in [2.75, 3.05) is 13.2 Å². The predicted molar refractivity (Wildman–Crippen MR) is 38.5 cm³/mol. The third-order valence-electron chi connectivity index (χ3n) is 0.864. The van der Waals surface area contributed by atoms with Crippen molar-refractivity contribution in [3.8, 4) is 0 Å². The van der Waals surface area contributed by atoms with Gasteiger partial charge in [-0.15, -0.1) is 0 Å². The van der Waals surface area contributed by atoms with Crippen LogP contribution in [0.25, 0.3) is 0 Å². The third-order valence-corrected chi connectivity index (χ3v) is 0.864. The molecule has 0 aromatic heterocycles. The van der Waals surface area contributed by atoms with Gasteiger partial charge in [0.1, 0.15) is 6.54 Å². The van der Waals surface area contributed by atoms with Crippen molar-refractivity contribution in [1.82, 2.24) is 5.32 Å². The third kappa shape index (κ3) is 5.14. The number of nitrogens with one attached hydrogen (secondary N) is 1. The first kappa shape index (κ1) is 9.68. The number of hydrogen-bond acceptors (Lipinski definition) is 3. The molecule has 1 amide bonds. The second kappa shape index (κ2) is 5.46. The van der Waals surface area contributed by atoms with Gasteiger partial charge >= 0.3 is 5.97 Å². The normalized spacial score (nSPS) is 8.45. The summed E-state index contributed by atoms with van der Waals surface area (Å²) in [5.74, 6) is -0.958. The second-order valence-electron chi connectivity index (χ2n) is 1.69. The molecular formula is C7H10NO3. The molecule has 0 aliphatic heterocycles. The van der Waals surface area contributed by atoms with E-state index in [9.17, 15) is 9.59 Å². The lowest BCUT2D eigenvalue weighted by atomic mass is 10.5. The second-order valence-corrected chi connectivity index (χ2v) is 1.69. The highest BCUT2D eigenvalue weighted by atomic mass is 16.5. The monoisotopic (exact) mass is 156 g/mol. The molecule has 0 fully saturated rings. The van der Waals surface area contributed by atoms with Crippen LogP contribution in [0.15, 0.2) is 6.08 Å². The minimum absolute atomic E-state index is 0.139. The highest BCUT2D eigenvalue weighted by molar-refractivity contribution is 5.89. The fourth-order valence-electron chi connectivity index (χ4n) is 0.430. The van der Waals surface area contributed by atoms with Crippen LogP contribution in [0.1, 0.15) is 6.92 Å². The summed E-state index contributed by atoms with van der Waals surface area (Å²) in [5, 5.41) is 2.22. The van der Waals surface area contributed by atoms with E-state index in [4.69, 9.17) is 6.58 Å². The standard InChI is InChI=1S/C7H10NO3/c1-3-6(9)8-5-7(10)11-4-2/h1,3H,4-5H2,2H3,(H,8,9). The van der Waals surface area contributed by atoms with Gasteiger partial charge in [-0.1, -0.05) is 6.58 Å². The zero-order valence-electron chi connectivity index (χ0n) is 6.29. The first-order chi connectivity index (χ1) is 5.20. The fourth-order valence-corrected chi connectivity index (χ4v) is 0.430. The van der Waals surface area contributed by atoms with Crippen molar-refractivity contribution >= 4 is 11.9 Å². The van der Waals surface area contributed by atoms with Gasteiger partial charge in [-0.25, -0.2) is 0 Å². The van der Waals surface area contributed by atoms with Crippen molar-refractivity contribution in [2.24, 2.45) is 0 Å². The lowest BCUT2D eigenvalue weighted by Crippen LogP contribution is -2.28. The van der Waals surface area contributed by atoms with Gasteiger partial charge < -0.3 is 10.1 Å². The SMILES string of the molecule is [CH]=CC(=O)NCC(=O)OCC. The summed E-state index contributed by atoms with van der Waals surface area (Å²) in [6.07, 6.45) is 0.846. The molecular weight excluding hydrogens is 146 g/mol. The topological polar surface area (TPSA) is 55.4 Å². The van der Waals surface area contributed by atoms with Crippen LogP contribution in [-0.2, 0) is 14.3 Å². The summed E-state index contributed by atoms with van der Waals surface area (Å²) >= 11 is 0. The van der Waals surface area contributed by atoms with E-state index in [1.807, 2.05) is 0 Å². The molecule has 0 aromatic rings. The van der Waals surface area contributed by atoms with E-state index in [1.165, 1.54) is 0 Å². The van der Waals surface area contributed by atoms with Gasteiger partial charge in [0, 0.05) is 6.08 Å². The summed E-state index contributed by atoms with van der Waals surface area (Å²) in [6, 6.07) is 0. The Hall–Kier alpha value is -1.32. The molecule has 0 heterocycles. The van der Waals surface area contributed by atoms with Crippen LogP contribution in [0.3, 0.4) is 0 Å². The minimum Gasteiger partial charge on any atom is -0.465 e. The number of rotatable bonds is 4. The minimum atomic E-state index is -0.488. The fraction of sp³-hybridized carbons (Fsp3) is 0.429. The van der Waals surface area contributed by atoms with Gasteiger partial charge in [-0.05, 0) is 6.92 Å². The molecule has 0 saturated carbocycles. The van der Waals surface area contributed by atoms with E-state index >= 15 is 0 Å². The molecule has 0 unspecified atom stereocenters. The Morgan fingerprint density at radius 2 is 2.27 bits per heavy atom. The Labute approximate surface area is 65.2 Å². The molecule has 1 N–H and O–H groups in total. The van der Waals surface area contributed by atoms with Crippen LogP contribution in [0.4, 0.5) is 0 Å². The Kier molecular flexibility index (Phi) is 4.81. The lowest BCUT2D eigenvalue weighted by molar-refractivity contribution is -0.143. The molecule has 0 aliphatic carbocycles. The molecule has 4 heteroatoms. The zero-order valence-corrected chi connectivity index (χ0v) is 6.29. The summed E-state index contributed by atoms with van der Waals surface area (Å²) in [5.41, 5.74) is 0. The maximum Gasteiger partial charge on any atom is 0.325 e. The number of amides is 1. The average molecular weight is 156 g/mol. The van der Waals surface area contributed by atoms with E-state index in [0.717, 1.165) is 6.08 Å². The number of carbonyl (C=O) groups excluding carboxylic acids is 2. The molecule has 0 spiro atoms. The molecule has 0 bridgehead atoms. The Bertz CT molecular complexity index is 165. The van der Waals surface area contributed by atoms with E-state index in [2.05, 4.69) is 10.1 Å². The van der Waals surface area contributed by atoms with Crippen molar-refractivity contribution in [3.63, 3.8) is 0 Å². The van der Waals surface area contributed by atoms with Crippen molar-refractivity contribution in [1.29, 1.82) is 0 Å². The smallest absolute Gasteiger partial charge is 0.325 e. The number of ether oxygens (including phenoxy) is 1. The summed E-state index contributed by atoms with van der Waals surface area (Å²) in [4.78, 5) is 21.0. The van der Waals surface area contributed by atoms with Crippen molar-refractivity contribution in [2.45, 2.75) is 6.92 Å². The molecule has 1 radical (unpaired) electrons. The highest BCUT2D eigenvalue weighted by Gasteiger charge is 2.01. The predicted octanol–water partition coefficient (Wildman–Crippen LogP) is -0.345. The Morgan fingerprint density at radius 3 is 2.73 bits per heavy atom. The molecule has 0 aromatic carbocycles. The molecule has 61 valence electrons. The van der Waals surface area contributed by atoms with E-state index in [1.54, 1.807) is 6.92 Å². The van der Waals surface area contributed by atoms with E-state index < -0.39 is 11.9 Å². The molecule has 11 heavy (non-hydrogen) atoms. The maximum atomic E-state index is 10.6. The van der Waals surface area contributed by atoms with Crippen molar-refractivity contribution in [3.05, 3.63) is 12.7 Å².